The van der Waals surface area contributed by atoms with Gasteiger partial charge in [0.05, 0.1) is 18.7 Å². The maximum absolute atomic E-state index is 12.5. The van der Waals surface area contributed by atoms with Crippen molar-refractivity contribution in [3.63, 3.8) is 0 Å². The van der Waals surface area contributed by atoms with Crippen LogP contribution in [-0.2, 0) is 0 Å². The van der Waals surface area contributed by atoms with Crippen molar-refractivity contribution in [3.8, 4) is 11.8 Å². The molecule has 2 aromatic carbocycles. The van der Waals surface area contributed by atoms with E-state index in [0.717, 1.165) is 0 Å². The van der Waals surface area contributed by atoms with Crippen molar-refractivity contribution in [2.24, 2.45) is 0 Å². The fraction of sp³-hybridized carbons (Fsp3) is 0.0556. The second-order valence-electron chi connectivity index (χ2n) is 5.09. The number of pyridine rings is 1. The van der Waals surface area contributed by atoms with Crippen LogP contribution in [0.4, 0.5) is 5.69 Å². The Balaban J connectivity index is 1.95. The number of benzene rings is 2. The van der Waals surface area contributed by atoms with Crippen molar-refractivity contribution in [3.05, 3.63) is 70.0 Å². The number of nitrogens with one attached hydrogen (secondary N) is 2. The van der Waals surface area contributed by atoms with Gasteiger partial charge in [0, 0.05) is 22.8 Å². The van der Waals surface area contributed by atoms with Crippen LogP contribution in [0.1, 0.15) is 15.9 Å². The maximum Gasteiger partial charge on any atom is 0.261 e. The van der Waals surface area contributed by atoms with Crippen LogP contribution in [0, 0.1) is 11.3 Å². The molecule has 0 aliphatic heterocycles. The summed E-state index contributed by atoms with van der Waals surface area (Å²) in [7, 11) is 1.51. The average Bonchev–Trinajstić information content (AvgIpc) is 2.62. The Labute approximate surface area is 137 Å². The van der Waals surface area contributed by atoms with E-state index in [0.29, 0.717) is 27.9 Å². The van der Waals surface area contributed by atoms with Gasteiger partial charge in [-0.15, -0.1) is 0 Å². The highest BCUT2D eigenvalue weighted by Crippen LogP contribution is 2.17. The monoisotopic (exact) mass is 319 g/mol. The lowest BCUT2D eigenvalue weighted by atomic mass is 10.1. The number of nitriles is 1. The van der Waals surface area contributed by atoms with Crippen LogP contribution in [0.15, 0.2) is 53.5 Å². The molecule has 1 heterocycles. The number of carbonyl (C=O) groups is 1. The van der Waals surface area contributed by atoms with E-state index in [9.17, 15) is 9.59 Å². The number of carbonyl (C=O) groups excluding carboxylic acids is 1. The number of rotatable bonds is 3. The fourth-order valence-corrected chi connectivity index (χ4v) is 2.32. The second kappa shape index (κ2) is 6.26. The van der Waals surface area contributed by atoms with E-state index in [-0.39, 0.29) is 11.0 Å². The first-order valence-corrected chi connectivity index (χ1v) is 7.13. The average molecular weight is 319 g/mol. The molecular weight excluding hydrogens is 306 g/mol. The molecule has 0 aliphatic carbocycles. The van der Waals surface area contributed by atoms with Crippen molar-refractivity contribution in [1.29, 1.82) is 5.26 Å². The van der Waals surface area contributed by atoms with Crippen LogP contribution < -0.4 is 15.5 Å². The zero-order valence-electron chi connectivity index (χ0n) is 12.8. The summed E-state index contributed by atoms with van der Waals surface area (Å²) in [6.07, 6.45) is 1.39. The number of ether oxygens (including phenoxy) is 1. The maximum atomic E-state index is 12.5. The Morgan fingerprint density at radius 2 is 1.96 bits per heavy atom. The van der Waals surface area contributed by atoms with Gasteiger partial charge in [-0.25, -0.2) is 0 Å². The SMILES string of the molecule is COc1ccc2[nH]cc(C(=O)Nc3ccc(C#N)cc3)c(=O)c2c1. The number of aromatic nitrogens is 1. The molecular formula is C18H13N3O3. The van der Waals surface area contributed by atoms with Crippen molar-refractivity contribution >= 4 is 22.5 Å². The number of hydrogen-bond donors (Lipinski definition) is 2. The molecule has 118 valence electrons. The molecule has 1 aromatic heterocycles. The lowest BCUT2D eigenvalue weighted by molar-refractivity contribution is 0.102. The summed E-state index contributed by atoms with van der Waals surface area (Å²) in [5, 5.41) is 11.8. The van der Waals surface area contributed by atoms with Gasteiger partial charge in [0.2, 0.25) is 5.43 Å². The number of anilines is 1. The van der Waals surface area contributed by atoms with Gasteiger partial charge >= 0.3 is 0 Å². The van der Waals surface area contributed by atoms with Crippen LogP contribution in [0.3, 0.4) is 0 Å². The van der Waals surface area contributed by atoms with Crippen molar-refractivity contribution in [1.82, 2.24) is 4.98 Å². The molecule has 3 aromatic rings. The van der Waals surface area contributed by atoms with Crippen LogP contribution in [0.2, 0.25) is 0 Å². The molecule has 0 saturated heterocycles. The summed E-state index contributed by atoms with van der Waals surface area (Å²) >= 11 is 0. The van der Waals surface area contributed by atoms with E-state index in [2.05, 4.69) is 10.3 Å². The van der Waals surface area contributed by atoms with E-state index in [1.165, 1.54) is 13.3 Å². The number of amides is 1. The van der Waals surface area contributed by atoms with E-state index >= 15 is 0 Å². The van der Waals surface area contributed by atoms with Crippen LogP contribution in [0.5, 0.6) is 5.75 Å². The van der Waals surface area contributed by atoms with Gasteiger partial charge < -0.3 is 15.0 Å². The smallest absolute Gasteiger partial charge is 0.261 e. The van der Waals surface area contributed by atoms with Crippen LogP contribution >= 0.6 is 0 Å². The Morgan fingerprint density at radius 3 is 2.62 bits per heavy atom. The van der Waals surface area contributed by atoms with Gasteiger partial charge in [-0.05, 0) is 42.5 Å². The predicted octanol–water partition coefficient (Wildman–Crippen LogP) is 2.66. The van der Waals surface area contributed by atoms with Gasteiger partial charge in [-0.1, -0.05) is 0 Å². The second-order valence-corrected chi connectivity index (χ2v) is 5.09. The Hall–Kier alpha value is -3.59. The van der Waals surface area contributed by atoms with Gasteiger partial charge in [-0.2, -0.15) is 5.26 Å². The van der Waals surface area contributed by atoms with Gasteiger partial charge in [0.1, 0.15) is 11.3 Å². The minimum atomic E-state index is -0.523. The Morgan fingerprint density at radius 1 is 1.21 bits per heavy atom. The number of aromatic amines is 1. The minimum Gasteiger partial charge on any atom is -0.497 e. The highest BCUT2D eigenvalue weighted by molar-refractivity contribution is 6.05. The van der Waals surface area contributed by atoms with E-state index in [1.807, 2.05) is 6.07 Å². The molecule has 24 heavy (non-hydrogen) atoms. The zero-order valence-corrected chi connectivity index (χ0v) is 12.8. The highest BCUT2D eigenvalue weighted by Gasteiger charge is 2.13. The van der Waals surface area contributed by atoms with E-state index < -0.39 is 5.91 Å². The molecule has 0 aliphatic rings. The summed E-state index contributed by atoms with van der Waals surface area (Å²) in [5.41, 5.74) is 1.23. The summed E-state index contributed by atoms with van der Waals surface area (Å²) in [5.74, 6) is 0.0170. The summed E-state index contributed by atoms with van der Waals surface area (Å²) in [4.78, 5) is 27.8. The first kappa shape index (κ1) is 15.3. The molecule has 0 fully saturated rings. The first-order chi connectivity index (χ1) is 11.6. The first-order valence-electron chi connectivity index (χ1n) is 7.13. The molecule has 1 amide bonds. The normalized spacial score (nSPS) is 10.2. The number of fused-ring (bicyclic) bond motifs is 1. The summed E-state index contributed by atoms with van der Waals surface area (Å²) in [6.45, 7) is 0. The lowest BCUT2D eigenvalue weighted by Gasteiger charge is -2.07. The molecule has 0 spiro atoms. The fourth-order valence-electron chi connectivity index (χ4n) is 2.32. The molecule has 0 saturated carbocycles. The number of H-pyrrole nitrogens is 1. The van der Waals surface area contributed by atoms with Gasteiger partial charge in [-0.3, -0.25) is 9.59 Å². The van der Waals surface area contributed by atoms with Gasteiger partial charge in [0.25, 0.3) is 5.91 Å². The van der Waals surface area contributed by atoms with E-state index in [4.69, 9.17) is 10.00 Å². The summed E-state index contributed by atoms with van der Waals surface area (Å²) in [6, 6.07) is 13.4. The topological polar surface area (TPSA) is 95.0 Å². The third kappa shape index (κ3) is 2.83. The number of hydrogen-bond acceptors (Lipinski definition) is 4. The van der Waals surface area contributed by atoms with Crippen LogP contribution in [0.25, 0.3) is 10.9 Å². The highest BCUT2D eigenvalue weighted by atomic mass is 16.5. The molecule has 6 nitrogen and oxygen atoms in total. The third-order valence-corrected chi connectivity index (χ3v) is 3.60. The third-order valence-electron chi connectivity index (χ3n) is 3.60. The predicted molar refractivity (Wildman–Crippen MR) is 90.2 cm³/mol. The van der Waals surface area contributed by atoms with Crippen molar-refractivity contribution in [2.75, 3.05) is 12.4 Å². The minimum absolute atomic E-state index is 0.000104. The molecule has 0 radical (unpaired) electrons. The van der Waals surface area contributed by atoms with E-state index in [1.54, 1.807) is 42.5 Å². The lowest BCUT2D eigenvalue weighted by Crippen LogP contribution is -2.21. The Kier molecular flexibility index (Phi) is 4.00. The molecule has 3 rings (SSSR count). The van der Waals surface area contributed by atoms with Gasteiger partial charge in [0.15, 0.2) is 0 Å². The molecule has 0 unspecified atom stereocenters. The Bertz CT molecular complexity index is 1010. The molecule has 0 bridgehead atoms. The van der Waals surface area contributed by atoms with Crippen molar-refractivity contribution in [2.45, 2.75) is 0 Å². The number of methoxy groups -OCH3 is 1. The molecule has 6 heteroatoms. The van der Waals surface area contributed by atoms with Crippen LogP contribution in [-0.4, -0.2) is 18.0 Å². The standard InChI is InChI=1S/C18H13N3O3/c1-24-13-6-7-16-14(8-13)17(22)15(10-20-16)18(23)21-12-4-2-11(9-19)3-5-12/h2-8,10H,1H3,(H,20,22)(H,21,23). The zero-order chi connectivity index (χ0) is 17.1. The molecule has 0 atom stereocenters. The number of nitrogens with zero attached hydrogens (tertiary/aromatic N) is 1. The quantitative estimate of drug-likeness (QED) is 0.776. The summed E-state index contributed by atoms with van der Waals surface area (Å²) < 4.78 is 5.12. The molecule has 2 N–H and O–H groups in total. The van der Waals surface area contributed by atoms with Crippen molar-refractivity contribution < 1.29 is 9.53 Å². The largest absolute Gasteiger partial charge is 0.497 e.